The fourth-order valence-corrected chi connectivity index (χ4v) is 6.17. The van der Waals surface area contributed by atoms with Gasteiger partial charge in [0.05, 0.1) is 0 Å². The van der Waals surface area contributed by atoms with E-state index in [1.807, 2.05) is 27.7 Å². The second kappa shape index (κ2) is 13.4. The minimum atomic E-state index is -0.897. The normalized spacial score (nSPS) is 30.2. The maximum atomic E-state index is 13.3. The molecule has 12 heteroatoms. The number of amides is 5. The lowest BCUT2D eigenvalue weighted by Crippen LogP contribution is -2.60. The Morgan fingerprint density at radius 3 is 1.69 bits per heavy atom. The van der Waals surface area contributed by atoms with Crippen molar-refractivity contribution in [2.75, 3.05) is 11.5 Å². The number of rotatable bonds is 5. The summed E-state index contributed by atoms with van der Waals surface area (Å²) in [4.78, 5) is 65.8. The minimum absolute atomic E-state index is 0.0947. The first-order valence-electron chi connectivity index (χ1n) is 12.2. The van der Waals surface area contributed by atoms with E-state index in [9.17, 15) is 24.0 Å². The van der Waals surface area contributed by atoms with Crippen molar-refractivity contribution in [1.29, 1.82) is 0 Å². The van der Waals surface area contributed by atoms with Crippen LogP contribution in [0.2, 0.25) is 0 Å². The summed E-state index contributed by atoms with van der Waals surface area (Å²) in [5.74, 6) is -2.10. The molecule has 2 saturated heterocycles. The lowest BCUT2D eigenvalue weighted by molar-refractivity contribution is -0.135. The molecule has 2 heterocycles. The van der Waals surface area contributed by atoms with Crippen LogP contribution in [0.4, 0.5) is 0 Å². The number of fused-ring (bicyclic) bond motifs is 3. The van der Waals surface area contributed by atoms with Crippen LogP contribution in [0.5, 0.6) is 0 Å². The predicted octanol–water partition coefficient (Wildman–Crippen LogP) is 0.567. The zero-order valence-electron chi connectivity index (χ0n) is 21.3. The highest BCUT2D eigenvalue weighted by atomic mass is 33.1. The molecule has 0 spiro atoms. The van der Waals surface area contributed by atoms with E-state index in [0.717, 1.165) is 0 Å². The van der Waals surface area contributed by atoms with Gasteiger partial charge in [-0.05, 0) is 24.2 Å². The molecule has 0 aromatic heterocycles. The second-order valence-corrected chi connectivity index (χ2v) is 12.5. The number of hydrogen-bond acceptors (Lipinski definition) is 7. The van der Waals surface area contributed by atoms with Gasteiger partial charge in [0.1, 0.15) is 30.2 Å². The molecule has 198 valence electrons. The Balaban J connectivity index is 2.48. The molecule has 0 aromatic rings. The first-order chi connectivity index (χ1) is 16.4. The third kappa shape index (κ3) is 8.30. The molecule has 5 amide bonds. The van der Waals surface area contributed by atoms with Crippen molar-refractivity contribution in [3.63, 3.8) is 0 Å². The maximum Gasteiger partial charge on any atom is 0.244 e. The summed E-state index contributed by atoms with van der Waals surface area (Å²) in [6.07, 6.45) is 0.986. The lowest BCUT2D eigenvalue weighted by atomic mass is 9.95. The molecule has 0 aliphatic carbocycles. The molecule has 2 aliphatic rings. The zero-order valence-corrected chi connectivity index (χ0v) is 22.9. The van der Waals surface area contributed by atoms with Crippen LogP contribution in [0.15, 0.2) is 0 Å². The zero-order chi connectivity index (χ0) is 26.3. The van der Waals surface area contributed by atoms with Gasteiger partial charge in [-0.2, -0.15) is 0 Å². The third-order valence-corrected chi connectivity index (χ3v) is 8.62. The minimum Gasteiger partial charge on any atom is -0.343 e. The highest BCUT2D eigenvalue weighted by Crippen LogP contribution is 2.25. The van der Waals surface area contributed by atoms with Crippen molar-refractivity contribution in [1.82, 2.24) is 26.6 Å². The molecule has 5 N–H and O–H groups in total. The van der Waals surface area contributed by atoms with Crippen LogP contribution < -0.4 is 26.6 Å². The molecule has 2 rings (SSSR count). The SMILES string of the molecule is CC[C@H](C)[C@@H]1NC(=O)[C@@H]2CSSC[C@H](NC(=O)[C@H](CC(C)C)NC(=O)[C@H](C(C)C)NC1=O)C(=O)N2. The standard InChI is InChI=1S/C23H39N5O5S2/c1-7-13(6)18-23(33)27-17(12(4)5)22(32)24-14(8-11(2)3)19(29)25-15-9-34-35-10-16(21(31)28-18)26-20(15)30/h11-18H,7-10H2,1-6H3,(H,24,32)(H,25,29)(H,26,30)(H,27,33)(H,28,31)/t13-,14-,15-,16-,17-,18-/m0/s1. The maximum absolute atomic E-state index is 13.3. The Labute approximate surface area is 215 Å². The van der Waals surface area contributed by atoms with Crippen molar-refractivity contribution < 1.29 is 24.0 Å². The fourth-order valence-electron chi connectivity index (χ4n) is 3.84. The van der Waals surface area contributed by atoms with Crippen LogP contribution in [-0.4, -0.2) is 71.3 Å². The topological polar surface area (TPSA) is 146 Å². The highest BCUT2D eigenvalue weighted by Gasteiger charge is 2.37. The van der Waals surface area contributed by atoms with E-state index in [1.54, 1.807) is 13.8 Å². The van der Waals surface area contributed by atoms with Gasteiger partial charge in [-0.1, -0.05) is 69.6 Å². The molecule has 10 nitrogen and oxygen atoms in total. The summed E-state index contributed by atoms with van der Waals surface area (Å²) in [6, 6.07) is -4.38. The molecule has 0 unspecified atom stereocenters. The summed E-state index contributed by atoms with van der Waals surface area (Å²) < 4.78 is 0. The lowest BCUT2D eigenvalue weighted by Gasteiger charge is -2.30. The molecule has 0 saturated carbocycles. The number of carbonyl (C=O) groups excluding carboxylic acids is 5. The molecule has 0 aromatic carbocycles. The smallest absolute Gasteiger partial charge is 0.244 e. The van der Waals surface area contributed by atoms with Crippen LogP contribution in [0.1, 0.15) is 54.4 Å². The van der Waals surface area contributed by atoms with Gasteiger partial charge in [0.25, 0.3) is 0 Å². The van der Waals surface area contributed by atoms with Crippen molar-refractivity contribution in [2.24, 2.45) is 17.8 Å². The molecule has 2 aliphatic heterocycles. The Kier molecular flexibility index (Phi) is 11.2. The van der Waals surface area contributed by atoms with Crippen LogP contribution in [0, 0.1) is 17.8 Å². The highest BCUT2D eigenvalue weighted by molar-refractivity contribution is 8.76. The van der Waals surface area contributed by atoms with Crippen LogP contribution >= 0.6 is 21.6 Å². The van der Waals surface area contributed by atoms with Gasteiger partial charge in [0.15, 0.2) is 0 Å². The van der Waals surface area contributed by atoms with Gasteiger partial charge in [-0.3, -0.25) is 24.0 Å². The van der Waals surface area contributed by atoms with E-state index in [-0.39, 0.29) is 17.8 Å². The van der Waals surface area contributed by atoms with Gasteiger partial charge in [0.2, 0.25) is 29.5 Å². The molecular formula is C23H39N5O5S2. The molecule has 2 bridgehead atoms. The van der Waals surface area contributed by atoms with Crippen LogP contribution in [0.25, 0.3) is 0 Å². The van der Waals surface area contributed by atoms with Crippen molar-refractivity contribution >= 4 is 51.1 Å². The van der Waals surface area contributed by atoms with Gasteiger partial charge >= 0.3 is 0 Å². The predicted molar refractivity (Wildman–Crippen MR) is 138 cm³/mol. The number of hydrogen-bond donors (Lipinski definition) is 5. The Morgan fingerprint density at radius 2 is 1.17 bits per heavy atom. The fraction of sp³-hybridized carbons (Fsp3) is 0.783. The Morgan fingerprint density at radius 1 is 0.686 bits per heavy atom. The van der Waals surface area contributed by atoms with Crippen molar-refractivity contribution in [3.8, 4) is 0 Å². The van der Waals surface area contributed by atoms with Gasteiger partial charge < -0.3 is 26.6 Å². The molecule has 0 radical (unpaired) electrons. The second-order valence-electron chi connectivity index (χ2n) is 9.98. The van der Waals surface area contributed by atoms with E-state index in [1.165, 1.54) is 21.6 Å². The first kappa shape index (κ1) is 29.3. The van der Waals surface area contributed by atoms with Crippen molar-refractivity contribution in [2.45, 2.75) is 84.6 Å². The average molecular weight is 530 g/mol. The summed E-state index contributed by atoms with van der Waals surface area (Å²) in [7, 11) is 2.81. The Bertz CT molecular complexity index is 809. The quantitative estimate of drug-likeness (QED) is 0.327. The summed E-state index contributed by atoms with van der Waals surface area (Å²) in [5.41, 5.74) is 0. The van der Waals surface area contributed by atoms with Gasteiger partial charge in [-0.25, -0.2) is 0 Å². The van der Waals surface area contributed by atoms with Gasteiger partial charge in [0, 0.05) is 11.5 Å². The first-order valence-corrected chi connectivity index (χ1v) is 14.7. The van der Waals surface area contributed by atoms with E-state index >= 15 is 0 Å². The monoisotopic (exact) mass is 529 g/mol. The third-order valence-electron chi connectivity index (χ3n) is 6.20. The molecule has 2 fully saturated rings. The van der Waals surface area contributed by atoms with E-state index in [2.05, 4.69) is 26.6 Å². The van der Waals surface area contributed by atoms with E-state index < -0.39 is 59.7 Å². The van der Waals surface area contributed by atoms with Crippen LogP contribution in [-0.2, 0) is 24.0 Å². The Hall–Kier alpha value is -1.95. The largest absolute Gasteiger partial charge is 0.343 e. The molecular weight excluding hydrogens is 490 g/mol. The molecule has 35 heavy (non-hydrogen) atoms. The van der Waals surface area contributed by atoms with E-state index in [4.69, 9.17) is 0 Å². The number of carbonyl (C=O) groups is 5. The molecule has 6 atom stereocenters. The van der Waals surface area contributed by atoms with E-state index in [0.29, 0.717) is 24.3 Å². The summed E-state index contributed by atoms with van der Waals surface area (Å²) >= 11 is 0. The average Bonchev–Trinajstić information content (AvgIpc) is 2.77. The van der Waals surface area contributed by atoms with Crippen molar-refractivity contribution in [3.05, 3.63) is 0 Å². The summed E-state index contributed by atoms with van der Waals surface area (Å²) in [6.45, 7) is 11.2. The van der Waals surface area contributed by atoms with Gasteiger partial charge in [-0.15, -0.1) is 0 Å². The van der Waals surface area contributed by atoms with Crippen LogP contribution in [0.3, 0.4) is 0 Å². The number of nitrogens with one attached hydrogen (secondary N) is 5. The summed E-state index contributed by atoms with van der Waals surface area (Å²) in [5, 5.41) is 13.9.